The Kier molecular flexibility index (Phi) is 7.76. The second-order valence-corrected chi connectivity index (χ2v) is 8.99. The van der Waals surface area contributed by atoms with Gasteiger partial charge in [0, 0.05) is 44.3 Å². The van der Waals surface area contributed by atoms with E-state index in [-0.39, 0.29) is 23.8 Å². The third-order valence-electron chi connectivity index (χ3n) is 6.94. The van der Waals surface area contributed by atoms with Gasteiger partial charge in [0.2, 0.25) is 11.8 Å². The lowest BCUT2D eigenvalue weighted by Crippen LogP contribution is -2.50. The molecule has 6 nitrogen and oxygen atoms in total. The van der Waals surface area contributed by atoms with Gasteiger partial charge in [0.05, 0.1) is 6.10 Å². The van der Waals surface area contributed by atoms with Gasteiger partial charge in [-0.25, -0.2) is 0 Å². The summed E-state index contributed by atoms with van der Waals surface area (Å²) in [4.78, 5) is 29.5. The van der Waals surface area contributed by atoms with Crippen LogP contribution in [0, 0.1) is 5.92 Å². The molecule has 4 rings (SSSR count). The van der Waals surface area contributed by atoms with Crippen LogP contribution in [0.4, 0.5) is 0 Å². The predicted octanol–water partition coefficient (Wildman–Crippen LogP) is 2.70. The molecule has 168 valence electrons. The van der Waals surface area contributed by atoms with Crippen LogP contribution in [-0.2, 0) is 14.3 Å². The maximum absolute atomic E-state index is 12.5. The Morgan fingerprint density at radius 3 is 2.42 bits per heavy atom. The topological polar surface area (TPSA) is 61.9 Å². The van der Waals surface area contributed by atoms with Gasteiger partial charge in [-0.3, -0.25) is 9.59 Å². The molecular formula is C25H35N3O3. The molecule has 31 heavy (non-hydrogen) atoms. The number of carbonyl (C=O) groups is 2. The normalized spacial score (nSPS) is 24.0. The molecule has 3 aliphatic rings. The van der Waals surface area contributed by atoms with E-state index in [1.807, 2.05) is 41.3 Å². The van der Waals surface area contributed by atoms with E-state index < -0.39 is 0 Å². The van der Waals surface area contributed by atoms with Gasteiger partial charge >= 0.3 is 0 Å². The molecule has 1 N–H and O–H groups in total. The van der Waals surface area contributed by atoms with Crippen molar-refractivity contribution in [2.45, 2.75) is 50.7 Å². The number of likely N-dealkylation sites (tertiary alicyclic amines) is 2. The molecule has 0 radical (unpaired) electrons. The molecule has 3 aliphatic heterocycles. The summed E-state index contributed by atoms with van der Waals surface area (Å²) in [5.41, 5.74) is 1.05. The maximum atomic E-state index is 12.5. The van der Waals surface area contributed by atoms with Crippen LogP contribution >= 0.6 is 0 Å². The van der Waals surface area contributed by atoms with Crippen molar-refractivity contribution in [3.05, 3.63) is 42.0 Å². The number of piperidine rings is 2. The molecule has 1 unspecified atom stereocenters. The number of amides is 2. The smallest absolute Gasteiger partial charge is 0.246 e. The average Bonchev–Trinajstić information content (AvgIpc) is 3.36. The number of rotatable bonds is 6. The molecular weight excluding hydrogens is 390 g/mol. The van der Waals surface area contributed by atoms with Crippen molar-refractivity contribution < 1.29 is 14.3 Å². The van der Waals surface area contributed by atoms with Gasteiger partial charge in [-0.05, 0) is 63.3 Å². The van der Waals surface area contributed by atoms with Crippen LogP contribution in [0.1, 0.15) is 44.1 Å². The van der Waals surface area contributed by atoms with Crippen molar-refractivity contribution in [1.29, 1.82) is 0 Å². The van der Waals surface area contributed by atoms with Crippen molar-refractivity contribution in [2.75, 3.05) is 39.3 Å². The SMILES string of the molecule is O=C(NCC1CCCO1)C1CCN(C2CCN(C(=O)/C=C/c3ccccc3)CC2)CC1. The lowest BCUT2D eigenvalue weighted by Gasteiger charge is -2.41. The van der Waals surface area contributed by atoms with Crippen molar-refractivity contribution in [3.8, 4) is 0 Å². The van der Waals surface area contributed by atoms with Crippen molar-refractivity contribution in [2.24, 2.45) is 5.92 Å². The van der Waals surface area contributed by atoms with Crippen LogP contribution in [0.15, 0.2) is 36.4 Å². The molecule has 3 heterocycles. The minimum Gasteiger partial charge on any atom is -0.376 e. The molecule has 0 saturated carbocycles. The minimum absolute atomic E-state index is 0.101. The second-order valence-electron chi connectivity index (χ2n) is 8.99. The quantitative estimate of drug-likeness (QED) is 0.712. The molecule has 0 spiro atoms. The fraction of sp³-hybridized carbons (Fsp3) is 0.600. The average molecular weight is 426 g/mol. The first-order valence-electron chi connectivity index (χ1n) is 11.8. The monoisotopic (exact) mass is 425 g/mol. The largest absolute Gasteiger partial charge is 0.376 e. The summed E-state index contributed by atoms with van der Waals surface area (Å²) in [6.07, 6.45) is 9.84. The standard InChI is InChI=1S/C25H35N3O3/c29-24(9-8-20-5-2-1-3-6-20)28-16-12-22(13-17-28)27-14-10-21(11-15-27)25(30)26-19-23-7-4-18-31-23/h1-3,5-6,8-9,21-23H,4,7,10-19H2,(H,26,30)/b9-8+. The minimum atomic E-state index is 0.101. The van der Waals surface area contributed by atoms with E-state index in [1.54, 1.807) is 6.08 Å². The zero-order valence-electron chi connectivity index (χ0n) is 18.4. The molecule has 1 aromatic rings. The lowest BCUT2D eigenvalue weighted by atomic mass is 9.92. The first-order chi connectivity index (χ1) is 15.2. The van der Waals surface area contributed by atoms with Crippen LogP contribution in [0.5, 0.6) is 0 Å². The molecule has 0 aromatic heterocycles. The van der Waals surface area contributed by atoms with E-state index in [1.165, 1.54) is 0 Å². The molecule has 1 aromatic carbocycles. The van der Waals surface area contributed by atoms with E-state index >= 15 is 0 Å². The van der Waals surface area contributed by atoms with Gasteiger partial charge in [0.25, 0.3) is 0 Å². The van der Waals surface area contributed by atoms with E-state index in [9.17, 15) is 9.59 Å². The molecule has 0 aliphatic carbocycles. The van der Waals surface area contributed by atoms with Gasteiger partial charge in [0.15, 0.2) is 0 Å². The highest BCUT2D eigenvalue weighted by Gasteiger charge is 2.31. The maximum Gasteiger partial charge on any atom is 0.246 e. The molecule has 0 bridgehead atoms. The van der Waals surface area contributed by atoms with E-state index in [4.69, 9.17) is 4.74 Å². The third kappa shape index (κ3) is 6.17. The number of nitrogens with one attached hydrogen (secondary N) is 1. The lowest BCUT2D eigenvalue weighted by molar-refractivity contribution is -0.129. The highest BCUT2D eigenvalue weighted by molar-refractivity contribution is 5.91. The molecule has 2 amide bonds. The van der Waals surface area contributed by atoms with Crippen molar-refractivity contribution >= 4 is 17.9 Å². The number of ether oxygens (including phenoxy) is 1. The Balaban J connectivity index is 1.16. The van der Waals surface area contributed by atoms with E-state index in [0.29, 0.717) is 12.6 Å². The summed E-state index contributed by atoms with van der Waals surface area (Å²) >= 11 is 0. The zero-order chi connectivity index (χ0) is 21.5. The fourth-order valence-corrected chi connectivity index (χ4v) is 4.98. The Morgan fingerprint density at radius 1 is 1.00 bits per heavy atom. The summed E-state index contributed by atoms with van der Waals surface area (Å²) in [5.74, 6) is 0.423. The highest BCUT2D eigenvalue weighted by atomic mass is 16.5. The Labute approximate surface area is 185 Å². The first kappa shape index (κ1) is 22.0. The van der Waals surface area contributed by atoms with E-state index in [2.05, 4.69) is 10.2 Å². The van der Waals surface area contributed by atoms with Crippen LogP contribution in [0.2, 0.25) is 0 Å². The number of hydrogen-bond acceptors (Lipinski definition) is 4. The van der Waals surface area contributed by atoms with Gasteiger partial charge in [0.1, 0.15) is 0 Å². The summed E-state index contributed by atoms with van der Waals surface area (Å²) < 4.78 is 5.60. The number of carbonyl (C=O) groups excluding carboxylic acids is 2. The van der Waals surface area contributed by atoms with Crippen LogP contribution in [0.25, 0.3) is 6.08 Å². The Bertz CT molecular complexity index is 745. The zero-order valence-corrected chi connectivity index (χ0v) is 18.4. The van der Waals surface area contributed by atoms with Crippen LogP contribution < -0.4 is 5.32 Å². The summed E-state index contributed by atoms with van der Waals surface area (Å²) in [6.45, 7) is 5.06. The van der Waals surface area contributed by atoms with Crippen molar-refractivity contribution in [1.82, 2.24) is 15.1 Å². The number of nitrogens with zero attached hydrogens (tertiary/aromatic N) is 2. The molecule has 1 atom stereocenters. The predicted molar refractivity (Wildman–Crippen MR) is 121 cm³/mol. The summed E-state index contributed by atoms with van der Waals surface area (Å²) in [7, 11) is 0. The van der Waals surface area contributed by atoms with Gasteiger partial charge in [-0.2, -0.15) is 0 Å². The van der Waals surface area contributed by atoms with E-state index in [0.717, 1.165) is 76.9 Å². The fourth-order valence-electron chi connectivity index (χ4n) is 4.98. The molecule has 3 fully saturated rings. The van der Waals surface area contributed by atoms with Gasteiger partial charge < -0.3 is 19.9 Å². The van der Waals surface area contributed by atoms with Crippen molar-refractivity contribution in [3.63, 3.8) is 0 Å². The number of hydrogen-bond donors (Lipinski definition) is 1. The Hall–Kier alpha value is -2.18. The van der Waals surface area contributed by atoms with Gasteiger partial charge in [-0.15, -0.1) is 0 Å². The second kappa shape index (κ2) is 10.9. The van der Waals surface area contributed by atoms with Crippen LogP contribution in [-0.4, -0.2) is 73.1 Å². The summed E-state index contributed by atoms with van der Waals surface area (Å²) in [6, 6.07) is 10.5. The first-order valence-corrected chi connectivity index (χ1v) is 11.8. The Morgan fingerprint density at radius 2 is 1.74 bits per heavy atom. The van der Waals surface area contributed by atoms with Gasteiger partial charge in [-0.1, -0.05) is 30.3 Å². The number of benzene rings is 1. The molecule has 6 heteroatoms. The third-order valence-corrected chi connectivity index (χ3v) is 6.94. The highest BCUT2D eigenvalue weighted by Crippen LogP contribution is 2.24. The molecule has 3 saturated heterocycles. The van der Waals surface area contributed by atoms with Crippen LogP contribution in [0.3, 0.4) is 0 Å². The summed E-state index contributed by atoms with van der Waals surface area (Å²) in [5, 5.41) is 3.10.